The van der Waals surface area contributed by atoms with Gasteiger partial charge in [0.05, 0.1) is 6.61 Å². The zero-order valence-electron chi connectivity index (χ0n) is 15.6. The summed E-state index contributed by atoms with van der Waals surface area (Å²) >= 11 is 0. The third kappa shape index (κ3) is 5.50. The first-order valence-electron chi connectivity index (χ1n) is 10.0. The lowest BCUT2D eigenvalue weighted by Crippen LogP contribution is -2.52. The third-order valence-corrected chi connectivity index (χ3v) is 6.06. The molecule has 4 heteroatoms. The molecule has 0 aliphatic heterocycles. The highest BCUT2D eigenvalue weighted by Crippen LogP contribution is 2.35. The summed E-state index contributed by atoms with van der Waals surface area (Å²) in [5.41, 5.74) is 8.33. The van der Waals surface area contributed by atoms with Crippen molar-refractivity contribution in [3.63, 3.8) is 0 Å². The first kappa shape index (κ1) is 18.8. The van der Waals surface area contributed by atoms with Crippen molar-refractivity contribution >= 4 is 0 Å². The van der Waals surface area contributed by atoms with E-state index in [0.29, 0.717) is 6.42 Å². The van der Waals surface area contributed by atoms with Crippen molar-refractivity contribution < 1.29 is 10.2 Å². The summed E-state index contributed by atoms with van der Waals surface area (Å²) in [4.78, 5) is 4.49. The maximum absolute atomic E-state index is 10.9. The van der Waals surface area contributed by atoms with E-state index in [1.54, 1.807) is 0 Å². The van der Waals surface area contributed by atoms with Crippen LogP contribution in [0.3, 0.4) is 0 Å². The van der Waals surface area contributed by atoms with Gasteiger partial charge in [-0.3, -0.25) is 4.98 Å². The smallest absolute Gasteiger partial charge is 0.108 e. The van der Waals surface area contributed by atoms with Gasteiger partial charge in [0.2, 0.25) is 0 Å². The summed E-state index contributed by atoms with van der Waals surface area (Å²) in [6, 6.07) is 1.70. The van der Waals surface area contributed by atoms with Gasteiger partial charge in [0.25, 0.3) is 0 Å². The predicted molar refractivity (Wildman–Crippen MR) is 100 cm³/mol. The van der Waals surface area contributed by atoms with Crippen LogP contribution >= 0.6 is 0 Å². The molecule has 0 saturated heterocycles. The largest absolute Gasteiger partial charge is 0.393 e. The molecule has 1 heterocycles. The Kier molecular flexibility index (Phi) is 6.13. The molecular weight excluding hydrogens is 312 g/mol. The van der Waals surface area contributed by atoms with Crippen LogP contribution in [-0.2, 0) is 12.8 Å². The minimum atomic E-state index is -1.28. The molecule has 140 valence electrons. The Morgan fingerprint density at radius 1 is 1.24 bits per heavy atom. The van der Waals surface area contributed by atoms with Gasteiger partial charge in [-0.25, -0.2) is 0 Å². The van der Waals surface area contributed by atoms with Crippen molar-refractivity contribution in [1.29, 1.82) is 0 Å². The molecule has 2 aliphatic rings. The van der Waals surface area contributed by atoms with Crippen LogP contribution in [0.5, 0.6) is 0 Å². The molecule has 4 nitrogen and oxygen atoms in total. The molecule has 3 rings (SSSR count). The second kappa shape index (κ2) is 8.15. The van der Waals surface area contributed by atoms with E-state index >= 15 is 0 Å². The van der Waals surface area contributed by atoms with E-state index in [1.807, 2.05) is 6.20 Å². The number of hydrogen-bond donors (Lipinski definition) is 3. The minimum absolute atomic E-state index is 0.314. The molecule has 25 heavy (non-hydrogen) atoms. The van der Waals surface area contributed by atoms with Crippen LogP contribution in [0.15, 0.2) is 12.3 Å². The van der Waals surface area contributed by atoms with Gasteiger partial charge in [0.15, 0.2) is 0 Å². The van der Waals surface area contributed by atoms with Crippen LogP contribution in [0.2, 0.25) is 0 Å². The highest BCUT2D eigenvalue weighted by molar-refractivity contribution is 5.26. The van der Waals surface area contributed by atoms with Crippen LogP contribution < -0.4 is 5.73 Å². The van der Waals surface area contributed by atoms with Crippen molar-refractivity contribution in [1.82, 2.24) is 4.98 Å². The van der Waals surface area contributed by atoms with E-state index in [4.69, 9.17) is 5.73 Å². The Morgan fingerprint density at radius 3 is 2.56 bits per heavy atom. The number of nitrogens with zero attached hydrogens (tertiary/aromatic N) is 1. The van der Waals surface area contributed by atoms with Gasteiger partial charge in [-0.15, -0.1) is 0 Å². The fourth-order valence-electron chi connectivity index (χ4n) is 3.68. The zero-order valence-corrected chi connectivity index (χ0v) is 15.6. The van der Waals surface area contributed by atoms with Crippen LogP contribution in [0, 0.1) is 18.8 Å². The first-order chi connectivity index (χ1) is 12.0. The van der Waals surface area contributed by atoms with E-state index in [2.05, 4.69) is 18.0 Å². The Balaban J connectivity index is 1.59. The fraction of sp³-hybridized carbons (Fsp3) is 0.762. The van der Waals surface area contributed by atoms with Gasteiger partial charge in [0, 0.05) is 24.4 Å². The summed E-state index contributed by atoms with van der Waals surface area (Å²) in [6.45, 7) is 1.79. The number of rotatable bonds is 11. The number of aromatic nitrogens is 1. The fourth-order valence-corrected chi connectivity index (χ4v) is 3.68. The molecule has 2 aliphatic carbocycles. The van der Waals surface area contributed by atoms with Crippen LogP contribution in [0.4, 0.5) is 0 Å². The summed E-state index contributed by atoms with van der Waals surface area (Å²) in [7, 11) is 0. The predicted octanol–water partition coefficient (Wildman–Crippen LogP) is 2.91. The minimum Gasteiger partial charge on any atom is -0.393 e. The van der Waals surface area contributed by atoms with E-state index in [0.717, 1.165) is 36.8 Å². The molecule has 1 aromatic heterocycles. The number of aliphatic hydroxyl groups excluding tert-OH is 1. The maximum atomic E-state index is 10.9. The number of aryl methyl sites for hydroxylation is 2. The van der Waals surface area contributed by atoms with Gasteiger partial charge in [-0.2, -0.15) is 0 Å². The molecule has 0 amide bonds. The summed E-state index contributed by atoms with van der Waals surface area (Å²) in [6.07, 6.45) is 13.0. The summed E-state index contributed by atoms with van der Waals surface area (Å²) in [5, 5.41) is 20.7. The Morgan fingerprint density at radius 2 is 1.92 bits per heavy atom. The average Bonchev–Trinajstić information content (AvgIpc) is 3.50. The van der Waals surface area contributed by atoms with Gasteiger partial charge in [-0.05, 0) is 61.6 Å². The van der Waals surface area contributed by atoms with Crippen molar-refractivity contribution in [3.8, 4) is 0 Å². The molecule has 4 N–H and O–H groups in total. The Labute approximate surface area is 151 Å². The van der Waals surface area contributed by atoms with Crippen molar-refractivity contribution in [3.05, 3.63) is 29.1 Å². The molecule has 1 aromatic rings. The van der Waals surface area contributed by atoms with Crippen molar-refractivity contribution in [2.24, 2.45) is 17.6 Å². The molecule has 0 bridgehead atoms. The Hall–Kier alpha value is -0.970. The molecule has 2 atom stereocenters. The zero-order chi connectivity index (χ0) is 17.9. The molecule has 2 saturated carbocycles. The van der Waals surface area contributed by atoms with Crippen LogP contribution in [-0.4, -0.2) is 33.4 Å². The molecular formula is C21H34N2O2. The number of pyridine rings is 1. The van der Waals surface area contributed by atoms with Gasteiger partial charge >= 0.3 is 0 Å². The lowest BCUT2D eigenvalue weighted by Gasteiger charge is -2.32. The maximum Gasteiger partial charge on any atom is 0.108 e. The number of hydrogen-bond acceptors (Lipinski definition) is 4. The van der Waals surface area contributed by atoms with Crippen molar-refractivity contribution in [2.75, 3.05) is 6.61 Å². The second-order valence-electron chi connectivity index (χ2n) is 8.50. The number of aliphatic hydroxyl groups is 2. The van der Waals surface area contributed by atoms with Gasteiger partial charge < -0.3 is 15.9 Å². The lowest BCUT2D eigenvalue weighted by molar-refractivity contribution is -0.0377. The topological polar surface area (TPSA) is 79.4 Å². The standard InChI is InChI=1S/C21H34N2O2/c1-15-13-23-19(11-18(15)4-2-3-16-5-6-16)12-21(25,14-24)20(22)10-9-17-7-8-17/h11,13,16-17,20,24-25H,2-10,12,14,22H2,1H3. The van der Waals surface area contributed by atoms with Crippen LogP contribution in [0.1, 0.15) is 68.2 Å². The van der Waals surface area contributed by atoms with E-state index in [-0.39, 0.29) is 6.61 Å². The van der Waals surface area contributed by atoms with Gasteiger partial charge in [0.1, 0.15) is 5.60 Å². The monoisotopic (exact) mass is 346 g/mol. The SMILES string of the molecule is Cc1cnc(CC(O)(CO)C(N)CCC2CC2)cc1CCCC1CC1. The van der Waals surface area contributed by atoms with Crippen LogP contribution in [0.25, 0.3) is 0 Å². The summed E-state index contributed by atoms with van der Waals surface area (Å²) in [5.74, 6) is 1.75. The van der Waals surface area contributed by atoms with Gasteiger partial charge in [-0.1, -0.05) is 32.1 Å². The second-order valence-corrected chi connectivity index (χ2v) is 8.50. The third-order valence-electron chi connectivity index (χ3n) is 6.06. The normalized spacial score (nSPS) is 21.1. The highest BCUT2D eigenvalue weighted by atomic mass is 16.3. The quantitative estimate of drug-likeness (QED) is 0.575. The molecule has 2 unspecified atom stereocenters. The van der Waals surface area contributed by atoms with E-state index in [9.17, 15) is 10.2 Å². The Bertz CT molecular complexity index is 569. The van der Waals surface area contributed by atoms with E-state index in [1.165, 1.54) is 49.7 Å². The summed E-state index contributed by atoms with van der Waals surface area (Å²) < 4.78 is 0. The molecule has 0 radical (unpaired) electrons. The number of nitrogens with two attached hydrogens (primary N) is 1. The molecule has 0 aromatic carbocycles. The first-order valence-corrected chi connectivity index (χ1v) is 10.0. The molecule has 0 spiro atoms. The highest BCUT2D eigenvalue weighted by Gasteiger charge is 2.35. The van der Waals surface area contributed by atoms with Crippen molar-refractivity contribution in [2.45, 2.75) is 82.8 Å². The van der Waals surface area contributed by atoms with E-state index < -0.39 is 11.6 Å². The lowest BCUT2D eigenvalue weighted by atomic mass is 9.86. The molecule has 2 fully saturated rings. The average molecular weight is 347 g/mol.